The van der Waals surface area contributed by atoms with Gasteiger partial charge in [-0.15, -0.1) is 0 Å². The lowest BCUT2D eigenvalue weighted by Gasteiger charge is -2.11. The standard InChI is InChI=1S/C16H17NO4/c1-10-6-12(18)4-5-15(10)17-16(19)11-7-13(20-2)9-14(8-11)21-3/h4-9,18H,1-3H3,(H,17,19). The predicted octanol–water partition coefficient (Wildman–Crippen LogP) is 2.97. The summed E-state index contributed by atoms with van der Waals surface area (Å²) in [6.45, 7) is 1.81. The van der Waals surface area contributed by atoms with E-state index < -0.39 is 0 Å². The van der Waals surface area contributed by atoms with Gasteiger partial charge in [-0.05, 0) is 42.8 Å². The van der Waals surface area contributed by atoms with Crippen LogP contribution in [0.2, 0.25) is 0 Å². The first-order valence-electron chi connectivity index (χ1n) is 6.37. The first kappa shape index (κ1) is 14.7. The highest BCUT2D eigenvalue weighted by Crippen LogP contribution is 2.25. The van der Waals surface area contributed by atoms with Crippen molar-refractivity contribution in [2.24, 2.45) is 0 Å². The van der Waals surface area contributed by atoms with Gasteiger partial charge in [-0.3, -0.25) is 4.79 Å². The third-order valence-electron chi connectivity index (χ3n) is 3.07. The molecule has 0 aliphatic carbocycles. The molecule has 2 rings (SSSR count). The predicted molar refractivity (Wildman–Crippen MR) is 80.3 cm³/mol. The number of methoxy groups -OCH3 is 2. The highest BCUT2D eigenvalue weighted by Gasteiger charge is 2.11. The van der Waals surface area contributed by atoms with Gasteiger partial charge in [-0.2, -0.15) is 0 Å². The lowest BCUT2D eigenvalue weighted by Crippen LogP contribution is -2.13. The first-order valence-corrected chi connectivity index (χ1v) is 6.37. The summed E-state index contributed by atoms with van der Waals surface area (Å²) in [4.78, 5) is 12.3. The van der Waals surface area contributed by atoms with Gasteiger partial charge in [0.1, 0.15) is 17.2 Å². The van der Waals surface area contributed by atoms with Gasteiger partial charge in [0.15, 0.2) is 0 Å². The minimum absolute atomic E-state index is 0.161. The fourth-order valence-corrected chi connectivity index (χ4v) is 1.92. The number of rotatable bonds is 4. The van der Waals surface area contributed by atoms with Crippen LogP contribution in [0.5, 0.6) is 17.2 Å². The van der Waals surface area contributed by atoms with E-state index in [9.17, 15) is 9.90 Å². The minimum atomic E-state index is -0.277. The van der Waals surface area contributed by atoms with E-state index in [0.29, 0.717) is 22.7 Å². The molecule has 0 radical (unpaired) electrons. The van der Waals surface area contributed by atoms with Gasteiger partial charge >= 0.3 is 0 Å². The Morgan fingerprint density at radius 3 is 2.19 bits per heavy atom. The van der Waals surface area contributed by atoms with E-state index in [1.807, 2.05) is 6.92 Å². The zero-order valence-electron chi connectivity index (χ0n) is 12.1. The highest BCUT2D eigenvalue weighted by molar-refractivity contribution is 6.05. The number of anilines is 1. The van der Waals surface area contributed by atoms with Crippen LogP contribution in [-0.4, -0.2) is 25.2 Å². The quantitative estimate of drug-likeness (QED) is 0.848. The van der Waals surface area contributed by atoms with Gasteiger partial charge in [-0.25, -0.2) is 0 Å². The van der Waals surface area contributed by atoms with E-state index in [1.165, 1.54) is 20.3 Å². The monoisotopic (exact) mass is 287 g/mol. The van der Waals surface area contributed by atoms with Crippen molar-refractivity contribution >= 4 is 11.6 Å². The van der Waals surface area contributed by atoms with Crippen molar-refractivity contribution in [1.82, 2.24) is 0 Å². The van der Waals surface area contributed by atoms with Gasteiger partial charge in [0.2, 0.25) is 0 Å². The average Bonchev–Trinajstić information content (AvgIpc) is 2.49. The Morgan fingerprint density at radius 1 is 1.05 bits per heavy atom. The van der Waals surface area contributed by atoms with Crippen molar-refractivity contribution in [1.29, 1.82) is 0 Å². The molecule has 0 heterocycles. The number of carbonyl (C=O) groups excluding carboxylic acids is 1. The van der Waals surface area contributed by atoms with Crippen LogP contribution in [0.25, 0.3) is 0 Å². The van der Waals surface area contributed by atoms with Gasteiger partial charge < -0.3 is 19.9 Å². The van der Waals surface area contributed by atoms with Crippen molar-refractivity contribution < 1.29 is 19.4 Å². The van der Waals surface area contributed by atoms with Crippen molar-refractivity contribution in [3.8, 4) is 17.2 Å². The summed E-state index contributed by atoms with van der Waals surface area (Å²) < 4.78 is 10.3. The van der Waals surface area contributed by atoms with E-state index in [4.69, 9.17) is 9.47 Å². The SMILES string of the molecule is COc1cc(OC)cc(C(=O)Nc2ccc(O)cc2C)c1. The summed E-state index contributed by atoms with van der Waals surface area (Å²) in [6, 6.07) is 9.72. The number of benzene rings is 2. The molecule has 5 heteroatoms. The molecule has 2 aromatic carbocycles. The Bertz CT molecular complexity index is 645. The number of amides is 1. The molecule has 0 saturated heterocycles. The lowest BCUT2D eigenvalue weighted by molar-refractivity contribution is 0.102. The summed E-state index contributed by atoms with van der Waals surface area (Å²) in [5.74, 6) is 0.971. The summed E-state index contributed by atoms with van der Waals surface area (Å²) >= 11 is 0. The molecular weight excluding hydrogens is 270 g/mol. The molecule has 0 spiro atoms. The Hall–Kier alpha value is -2.69. The topological polar surface area (TPSA) is 67.8 Å². The van der Waals surface area contributed by atoms with Crippen LogP contribution in [0.3, 0.4) is 0 Å². The summed E-state index contributed by atoms with van der Waals surface area (Å²) in [5.41, 5.74) is 1.84. The van der Waals surface area contributed by atoms with E-state index in [0.717, 1.165) is 5.56 Å². The van der Waals surface area contributed by atoms with Crippen LogP contribution < -0.4 is 14.8 Å². The number of hydrogen-bond donors (Lipinski definition) is 2. The molecule has 0 aromatic heterocycles. The van der Waals surface area contributed by atoms with Gasteiger partial charge in [0, 0.05) is 17.3 Å². The van der Waals surface area contributed by atoms with Crippen LogP contribution in [0, 0.1) is 6.92 Å². The van der Waals surface area contributed by atoms with Crippen LogP contribution >= 0.6 is 0 Å². The molecular formula is C16H17NO4. The van der Waals surface area contributed by atoms with E-state index >= 15 is 0 Å². The number of phenolic OH excluding ortho intramolecular Hbond substituents is 1. The molecule has 0 unspecified atom stereocenters. The Labute approximate surface area is 123 Å². The molecule has 0 aliphatic rings. The maximum Gasteiger partial charge on any atom is 0.255 e. The molecule has 0 bridgehead atoms. The second-order valence-corrected chi connectivity index (χ2v) is 4.55. The zero-order valence-corrected chi connectivity index (χ0v) is 12.1. The largest absolute Gasteiger partial charge is 0.508 e. The van der Waals surface area contributed by atoms with Crippen LogP contribution in [0.1, 0.15) is 15.9 Å². The summed E-state index contributed by atoms with van der Waals surface area (Å²) in [5, 5.41) is 12.2. The Kier molecular flexibility index (Phi) is 4.33. The van der Waals surface area contributed by atoms with Crippen LogP contribution in [0.15, 0.2) is 36.4 Å². The molecule has 0 saturated carbocycles. The maximum atomic E-state index is 12.3. The smallest absolute Gasteiger partial charge is 0.255 e. The number of carbonyl (C=O) groups is 1. The van der Waals surface area contributed by atoms with Crippen LogP contribution in [0.4, 0.5) is 5.69 Å². The number of nitrogens with one attached hydrogen (secondary N) is 1. The molecule has 0 aliphatic heterocycles. The molecule has 1 amide bonds. The van der Waals surface area contributed by atoms with Crippen LogP contribution in [-0.2, 0) is 0 Å². The second kappa shape index (κ2) is 6.17. The second-order valence-electron chi connectivity index (χ2n) is 4.55. The van der Waals surface area contributed by atoms with Gasteiger partial charge in [0.25, 0.3) is 5.91 Å². The summed E-state index contributed by atoms with van der Waals surface area (Å²) in [6.07, 6.45) is 0. The van der Waals surface area contributed by atoms with Crippen molar-refractivity contribution in [2.75, 3.05) is 19.5 Å². The molecule has 0 atom stereocenters. The number of ether oxygens (including phenoxy) is 2. The fraction of sp³-hybridized carbons (Fsp3) is 0.188. The van der Waals surface area contributed by atoms with E-state index in [-0.39, 0.29) is 11.7 Å². The molecule has 21 heavy (non-hydrogen) atoms. The summed E-state index contributed by atoms with van der Waals surface area (Å²) in [7, 11) is 3.06. The van der Waals surface area contributed by atoms with E-state index in [2.05, 4.69) is 5.32 Å². The van der Waals surface area contributed by atoms with Crippen molar-refractivity contribution in [3.05, 3.63) is 47.5 Å². The first-order chi connectivity index (χ1) is 10.0. The minimum Gasteiger partial charge on any atom is -0.508 e. The molecule has 2 N–H and O–H groups in total. The molecule has 5 nitrogen and oxygen atoms in total. The number of phenols is 1. The maximum absolute atomic E-state index is 12.3. The van der Waals surface area contributed by atoms with Gasteiger partial charge in [0.05, 0.1) is 14.2 Å². The number of aryl methyl sites for hydroxylation is 1. The average molecular weight is 287 g/mol. The fourth-order valence-electron chi connectivity index (χ4n) is 1.92. The number of hydrogen-bond acceptors (Lipinski definition) is 4. The van der Waals surface area contributed by atoms with E-state index in [1.54, 1.807) is 30.3 Å². The molecule has 0 fully saturated rings. The Morgan fingerprint density at radius 2 is 1.67 bits per heavy atom. The number of aromatic hydroxyl groups is 1. The Balaban J connectivity index is 2.27. The third kappa shape index (κ3) is 3.45. The lowest BCUT2D eigenvalue weighted by atomic mass is 10.1. The molecule has 2 aromatic rings. The zero-order chi connectivity index (χ0) is 15.4. The van der Waals surface area contributed by atoms with Gasteiger partial charge in [-0.1, -0.05) is 0 Å². The normalized spacial score (nSPS) is 10.0. The van der Waals surface area contributed by atoms with Crippen molar-refractivity contribution in [3.63, 3.8) is 0 Å². The third-order valence-corrected chi connectivity index (χ3v) is 3.07. The highest BCUT2D eigenvalue weighted by atomic mass is 16.5. The van der Waals surface area contributed by atoms with Crippen molar-refractivity contribution in [2.45, 2.75) is 6.92 Å². The molecule has 110 valence electrons.